The Hall–Kier alpha value is -2.28. The monoisotopic (exact) mass is 458 g/mol. The van der Waals surface area contributed by atoms with Crippen molar-refractivity contribution in [2.24, 2.45) is 0 Å². The number of rotatable bonds is 6. The summed E-state index contributed by atoms with van der Waals surface area (Å²) < 4.78 is 66.6. The third-order valence-corrected chi connectivity index (χ3v) is 7.26. The minimum absolute atomic E-state index is 0.0728. The highest BCUT2D eigenvalue weighted by atomic mass is 32.2. The number of halogens is 3. The predicted octanol–water partition coefficient (Wildman–Crippen LogP) is 4.06. The lowest BCUT2D eigenvalue weighted by molar-refractivity contribution is -0.137. The van der Waals surface area contributed by atoms with E-state index in [1.165, 1.54) is 22.7 Å². The SMILES string of the molecule is O=S(=O)(NCCc1csc2nc(-c3cccs3)nn12)c1ccc(C(F)(F)F)cc1. The van der Waals surface area contributed by atoms with E-state index in [2.05, 4.69) is 14.8 Å². The van der Waals surface area contributed by atoms with Gasteiger partial charge in [0.2, 0.25) is 15.0 Å². The van der Waals surface area contributed by atoms with E-state index in [4.69, 9.17) is 0 Å². The fraction of sp³-hybridized carbons (Fsp3) is 0.176. The largest absolute Gasteiger partial charge is 0.416 e. The van der Waals surface area contributed by atoms with Crippen molar-refractivity contribution in [3.63, 3.8) is 0 Å². The average molecular weight is 459 g/mol. The van der Waals surface area contributed by atoms with E-state index < -0.39 is 21.8 Å². The molecule has 0 bridgehead atoms. The fourth-order valence-corrected chi connectivity index (χ4v) is 5.17. The summed E-state index contributed by atoms with van der Waals surface area (Å²) in [5, 5.41) is 8.24. The molecule has 0 atom stereocenters. The fourth-order valence-electron chi connectivity index (χ4n) is 2.63. The Morgan fingerprint density at radius 1 is 1.10 bits per heavy atom. The third kappa shape index (κ3) is 4.20. The highest BCUT2D eigenvalue weighted by Crippen LogP contribution is 2.29. The first-order valence-corrected chi connectivity index (χ1v) is 11.5. The van der Waals surface area contributed by atoms with Crippen molar-refractivity contribution < 1.29 is 21.6 Å². The average Bonchev–Trinajstić information content (AvgIpc) is 3.39. The van der Waals surface area contributed by atoms with Gasteiger partial charge in [0.05, 0.1) is 21.0 Å². The molecular weight excluding hydrogens is 445 g/mol. The molecule has 4 rings (SSSR count). The molecule has 0 unspecified atom stereocenters. The van der Waals surface area contributed by atoms with Gasteiger partial charge in [-0.3, -0.25) is 0 Å². The Morgan fingerprint density at radius 2 is 1.86 bits per heavy atom. The standard InChI is InChI=1S/C17H13F3N4O2S3/c18-17(19,20)11-3-5-13(6-4-11)29(25,26)21-8-7-12-10-28-16-22-15(23-24(12)16)14-2-1-9-27-14/h1-6,9-10,21H,7-8H2. The maximum absolute atomic E-state index is 12.6. The zero-order valence-electron chi connectivity index (χ0n) is 14.5. The summed E-state index contributed by atoms with van der Waals surface area (Å²) >= 11 is 2.93. The van der Waals surface area contributed by atoms with Crippen molar-refractivity contribution in [2.75, 3.05) is 6.54 Å². The number of benzene rings is 1. The van der Waals surface area contributed by atoms with Gasteiger partial charge in [0.1, 0.15) is 0 Å². The van der Waals surface area contributed by atoms with Gasteiger partial charge in [0, 0.05) is 18.3 Å². The zero-order chi connectivity index (χ0) is 20.6. The number of hydrogen-bond donors (Lipinski definition) is 1. The van der Waals surface area contributed by atoms with Crippen molar-refractivity contribution in [1.82, 2.24) is 19.3 Å². The number of fused-ring (bicyclic) bond motifs is 1. The number of sulfonamides is 1. The van der Waals surface area contributed by atoms with E-state index in [-0.39, 0.29) is 11.4 Å². The van der Waals surface area contributed by atoms with Crippen molar-refractivity contribution >= 4 is 37.7 Å². The van der Waals surface area contributed by atoms with Crippen LogP contribution in [-0.2, 0) is 22.6 Å². The van der Waals surface area contributed by atoms with Crippen LogP contribution < -0.4 is 4.72 Å². The van der Waals surface area contributed by atoms with Gasteiger partial charge in [-0.1, -0.05) is 6.07 Å². The second-order valence-corrected chi connectivity index (χ2v) is 9.56. The van der Waals surface area contributed by atoms with Crippen LogP contribution in [0, 0.1) is 0 Å². The number of alkyl halides is 3. The number of nitrogens with zero attached hydrogens (tertiary/aromatic N) is 3. The molecule has 0 spiro atoms. The van der Waals surface area contributed by atoms with E-state index in [1.54, 1.807) is 4.52 Å². The summed E-state index contributed by atoms with van der Waals surface area (Å²) in [7, 11) is -3.92. The molecule has 29 heavy (non-hydrogen) atoms. The maximum Gasteiger partial charge on any atom is 0.416 e. The molecule has 0 amide bonds. The van der Waals surface area contributed by atoms with Gasteiger partial charge < -0.3 is 0 Å². The molecule has 0 aliphatic rings. The van der Waals surface area contributed by atoms with Gasteiger partial charge in [0.25, 0.3) is 0 Å². The Morgan fingerprint density at radius 3 is 2.52 bits per heavy atom. The first kappa shape index (κ1) is 20.0. The van der Waals surface area contributed by atoms with Crippen LogP contribution in [0.3, 0.4) is 0 Å². The molecule has 1 aromatic carbocycles. The normalized spacial score (nSPS) is 12.7. The lowest BCUT2D eigenvalue weighted by Gasteiger charge is -2.09. The first-order chi connectivity index (χ1) is 13.7. The maximum atomic E-state index is 12.6. The van der Waals surface area contributed by atoms with Gasteiger partial charge in [-0.25, -0.2) is 17.7 Å². The number of hydrogen-bond acceptors (Lipinski definition) is 6. The molecule has 0 aliphatic heterocycles. The van der Waals surface area contributed by atoms with Crippen LogP contribution in [0.25, 0.3) is 15.7 Å². The van der Waals surface area contributed by atoms with Crippen LogP contribution in [0.4, 0.5) is 13.2 Å². The van der Waals surface area contributed by atoms with Crippen LogP contribution in [0.15, 0.2) is 52.1 Å². The summed E-state index contributed by atoms with van der Waals surface area (Å²) in [6.45, 7) is 0.0728. The molecular formula is C17H13F3N4O2S3. The summed E-state index contributed by atoms with van der Waals surface area (Å²) in [5.74, 6) is 0.610. The van der Waals surface area contributed by atoms with Gasteiger partial charge in [0.15, 0.2) is 5.82 Å². The van der Waals surface area contributed by atoms with E-state index in [1.807, 2.05) is 22.9 Å². The Labute approximate surface area is 171 Å². The molecule has 4 aromatic rings. The number of thiazole rings is 1. The van der Waals surface area contributed by atoms with Gasteiger partial charge >= 0.3 is 6.18 Å². The smallest absolute Gasteiger partial charge is 0.211 e. The van der Waals surface area contributed by atoms with Crippen LogP contribution in [0.5, 0.6) is 0 Å². The van der Waals surface area contributed by atoms with Gasteiger partial charge in [-0.15, -0.1) is 27.8 Å². The molecule has 12 heteroatoms. The lowest BCUT2D eigenvalue weighted by Crippen LogP contribution is -2.26. The second-order valence-electron chi connectivity index (χ2n) is 6.00. The van der Waals surface area contributed by atoms with E-state index >= 15 is 0 Å². The second kappa shape index (κ2) is 7.52. The Bertz CT molecular complexity index is 1230. The minimum Gasteiger partial charge on any atom is -0.211 e. The van der Waals surface area contributed by atoms with Crippen LogP contribution in [0.2, 0.25) is 0 Å². The number of thiophene rings is 1. The van der Waals surface area contributed by atoms with Gasteiger partial charge in [-0.2, -0.15) is 18.2 Å². The van der Waals surface area contributed by atoms with Crippen molar-refractivity contribution in [2.45, 2.75) is 17.5 Å². The quantitative estimate of drug-likeness (QED) is 0.473. The molecule has 6 nitrogen and oxygen atoms in total. The van der Waals surface area contributed by atoms with Crippen LogP contribution >= 0.6 is 22.7 Å². The highest BCUT2D eigenvalue weighted by Gasteiger charge is 2.30. The number of aromatic nitrogens is 3. The van der Waals surface area contributed by atoms with Crippen molar-refractivity contribution in [3.8, 4) is 10.7 Å². The van der Waals surface area contributed by atoms with E-state index in [0.29, 0.717) is 17.2 Å². The van der Waals surface area contributed by atoms with Crippen LogP contribution in [0.1, 0.15) is 11.3 Å². The third-order valence-electron chi connectivity index (χ3n) is 4.06. The molecule has 0 fully saturated rings. The molecule has 0 radical (unpaired) electrons. The summed E-state index contributed by atoms with van der Waals surface area (Å²) in [6.07, 6.45) is -4.16. The molecule has 0 saturated carbocycles. The molecule has 3 heterocycles. The molecule has 3 aromatic heterocycles. The highest BCUT2D eigenvalue weighted by molar-refractivity contribution is 7.89. The predicted molar refractivity (Wildman–Crippen MR) is 105 cm³/mol. The van der Waals surface area contributed by atoms with Crippen molar-refractivity contribution in [1.29, 1.82) is 0 Å². The first-order valence-electron chi connectivity index (χ1n) is 8.28. The Balaban J connectivity index is 1.44. The molecule has 0 aliphatic carbocycles. The van der Waals surface area contributed by atoms with E-state index in [0.717, 1.165) is 34.8 Å². The lowest BCUT2D eigenvalue weighted by atomic mass is 10.2. The van der Waals surface area contributed by atoms with Gasteiger partial charge in [-0.05, 0) is 35.7 Å². The topological polar surface area (TPSA) is 76.4 Å². The Kier molecular flexibility index (Phi) is 5.19. The summed E-state index contributed by atoms with van der Waals surface area (Å²) in [4.78, 5) is 5.88. The molecule has 152 valence electrons. The van der Waals surface area contributed by atoms with E-state index in [9.17, 15) is 21.6 Å². The summed E-state index contributed by atoms with van der Waals surface area (Å²) in [5.41, 5.74) is -0.111. The minimum atomic E-state index is -4.51. The summed E-state index contributed by atoms with van der Waals surface area (Å²) in [6, 6.07) is 7.21. The van der Waals surface area contributed by atoms with Crippen molar-refractivity contribution in [3.05, 3.63) is 58.4 Å². The number of nitrogens with one attached hydrogen (secondary N) is 1. The molecule has 0 saturated heterocycles. The van der Waals surface area contributed by atoms with Crippen LogP contribution in [-0.4, -0.2) is 29.6 Å². The molecule has 1 N–H and O–H groups in total. The zero-order valence-corrected chi connectivity index (χ0v) is 17.0.